The molecule has 2 aromatic heterocycles. The van der Waals surface area contributed by atoms with Gasteiger partial charge in [0.2, 0.25) is 0 Å². The number of aromatic nitrogens is 2. The molecule has 0 fully saturated rings. The number of aryl methyl sites for hydroxylation is 1. The third-order valence-electron chi connectivity index (χ3n) is 5.18. The monoisotopic (exact) mass is 462 g/mol. The zero-order valence-electron chi connectivity index (χ0n) is 16.7. The Morgan fingerprint density at radius 1 is 1.23 bits per heavy atom. The number of rotatable bonds is 6. The number of benzene rings is 1. The molecule has 31 heavy (non-hydrogen) atoms. The van der Waals surface area contributed by atoms with Crippen molar-refractivity contribution < 1.29 is 13.6 Å². The summed E-state index contributed by atoms with van der Waals surface area (Å²) in [7, 11) is 0. The minimum Gasteiger partial charge on any atom is -0.351 e. The summed E-state index contributed by atoms with van der Waals surface area (Å²) in [4.78, 5) is 24.6. The van der Waals surface area contributed by atoms with Crippen molar-refractivity contribution in [3.63, 3.8) is 0 Å². The van der Waals surface area contributed by atoms with Gasteiger partial charge < -0.3 is 10.2 Å². The zero-order chi connectivity index (χ0) is 21.8. The van der Waals surface area contributed by atoms with Gasteiger partial charge in [0.15, 0.2) is 5.82 Å². The van der Waals surface area contributed by atoms with E-state index in [0.717, 1.165) is 37.1 Å². The lowest BCUT2D eigenvalue weighted by Crippen LogP contribution is -2.29. The van der Waals surface area contributed by atoms with Crippen LogP contribution < -0.4 is 10.2 Å². The van der Waals surface area contributed by atoms with Crippen LogP contribution in [0.4, 0.5) is 14.6 Å². The van der Waals surface area contributed by atoms with Crippen LogP contribution in [0.3, 0.4) is 0 Å². The molecule has 0 saturated carbocycles. The molecule has 3 aromatic rings. The predicted octanol–water partition coefficient (Wildman–Crippen LogP) is 4.79. The van der Waals surface area contributed by atoms with Gasteiger partial charge in [-0.3, -0.25) is 9.78 Å². The third-order valence-corrected chi connectivity index (χ3v) is 6.52. The quantitative estimate of drug-likeness (QED) is 0.535. The normalized spacial score (nSPS) is 13.6. The van der Waals surface area contributed by atoms with E-state index >= 15 is 0 Å². The maximum atomic E-state index is 14.3. The first-order valence-electron chi connectivity index (χ1n) is 10.1. The van der Waals surface area contributed by atoms with Gasteiger partial charge in [-0.05, 0) is 49.3 Å². The van der Waals surface area contributed by atoms with E-state index in [-0.39, 0.29) is 28.7 Å². The lowest BCUT2D eigenvalue weighted by Gasteiger charge is -2.24. The number of nitrogens with zero attached hydrogens (tertiary/aromatic N) is 3. The van der Waals surface area contributed by atoms with Crippen LogP contribution in [0.2, 0.25) is 5.02 Å². The molecule has 1 aliphatic rings. The summed E-state index contributed by atoms with van der Waals surface area (Å²) >= 11 is 7.67. The Morgan fingerprint density at radius 3 is 2.87 bits per heavy atom. The van der Waals surface area contributed by atoms with Crippen molar-refractivity contribution in [2.24, 2.45) is 0 Å². The second-order valence-corrected chi connectivity index (χ2v) is 8.72. The van der Waals surface area contributed by atoms with Crippen LogP contribution in [-0.2, 0) is 19.4 Å². The lowest BCUT2D eigenvalue weighted by atomic mass is 10.2. The van der Waals surface area contributed by atoms with E-state index in [4.69, 9.17) is 11.6 Å². The molecule has 4 rings (SSSR count). The first-order chi connectivity index (χ1) is 15.0. The Kier molecular flexibility index (Phi) is 6.77. The highest BCUT2D eigenvalue weighted by Gasteiger charge is 2.23. The van der Waals surface area contributed by atoms with Gasteiger partial charge in [-0.25, -0.2) is 13.8 Å². The summed E-state index contributed by atoms with van der Waals surface area (Å²) in [5, 5.41) is 4.63. The molecule has 1 aromatic carbocycles. The van der Waals surface area contributed by atoms with E-state index < -0.39 is 11.6 Å². The number of carbonyl (C=O) groups is 1. The minimum atomic E-state index is -0.668. The largest absolute Gasteiger partial charge is 0.351 e. The van der Waals surface area contributed by atoms with E-state index in [1.54, 1.807) is 11.3 Å². The fourth-order valence-corrected chi connectivity index (χ4v) is 4.47. The number of thiophene rings is 1. The summed E-state index contributed by atoms with van der Waals surface area (Å²) < 4.78 is 28.2. The summed E-state index contributed by atoms with van der Waals surface area (Å²) in [6, 6.07) is 6.07. The lowest BCUT2D eigenvalue weighted by molar-refractivity contribution is 0.0949. The van der Waals surface area contributed by atoms with Gasteiger partial charge in [0.1, 0.15) is 17.3 Å². The number of amides is 1. The molecular weight excluding hydrogens is 442 g/mol. The molecule has 1 aliphatic heterocycles. The average Bonchev–Trinajstić information content (AvgIpc) is 3.21. The number of fused-ring (bicyclic) bond motifs is 1. The van der Waals surface area contributed by atoms with Crippen molar-refractivity contribution in [3.05, 3.63) is 74.3 Å². The summed E-state index contributed by atoms with van der Waals surface area (Å²) in [6.07, 6.45) is 4.65. The first kappa shape index (κ1) is 21.6. The third kappa shape index (κ3) is 5.02. The molecule has 0 bridgehead atoms. The van der Waals surface area contributed by atoms with E-state index in [1.807, 2.05) is 22.4 Å². The molecule has 0 unspecified atom stereocenters. The molecule has 0 atom stereocenters. The highest BCUT2D eigenvalue weighted by molar-refractivity contribution is 7.09. The molecule has 1 N–H and O–H groups in total. The zero-order valence-corrected chi connectivity index (χ0v) is 18.3. The van der Waals surface area contributed by atoms with Gasteiger partial charge in [0, 0.05) is 30.1 Å². The molecule has 0 radical (unpaired) electrons. The minimum absolute atomic E-state index is 0.0492. The molecule has 0 saturated heterocycles. The van der Waals surface area contributed by atoms with E-state index in [9.17, 15) is 13.6 Å². The number of carbonyl (C=O) groups excluding carboxylic acids is 1. The van der Waals surface area contributed by atoms with Crippen LogP contribution in [0.5, 0.6) is 0 Å². The number of hydrogen-bond donors (Lipinski definition) is 1. The Balaban J connectivity index is 1.54. The molecule has 0 spiro atoms. The molecular formula is C22H21ClF2N4OS. The molecule has 3 heterocycles. The Morgan fingerprint density at radius 2 is 2.06 bits per heavy atom. The van der Waals surface area contributed by atoms with E-state index in [2.05, 4.69) is 15.3 Å². The summed E-state index contributed by atoms with van der Waals surface area (Å²) in [6.45, 7) is 1.12. The Bertz CT molecular complexity index is 1080. The van der Waals surface area contributed by atoms with Crippen molar-refractivity contribution in [3.8, 4) is 0 Å². The smallest absolute Gasteiger partial charge is 0.271 e. The van der Waals surface area contributed by atoms with Crippen LogP contribution in [0.1, 0.15) is 39.5 Å². The second-order valence-electron chi connectivity index (χ2n) is 7.31. The van der Waals surface area contributed by atoms with Gasteiger partial charge in [0.25, 0.3) is 5.91 Å². The summed E-state index contributed by atoms with van der Waals surface area (Å²) in [5.41, 5.74) is 1.00. The maximum Gasteiger partial charge on any atom is 0.271 e. The SMILES string of the molecule is O=C(NCCc1cccs1)c1cnc2c(n1)N(Cc1c(F)ccc(F)c1Cl)CCCC2. The molecule has 162 valence electrons. The fraction of sp³-hybridized carbons (Fsp3) is 0.318. The molecule has 1 amide bonds. The standard InChI is InChI=1S/C22H21ClF2N4OS/c23-20-15(16(24)6-7-17(20)25)13-29-10-2-1-5-18-21(29)28-19(12-27-18)22(30)26-9-8-14-4-3-11-31-14/h3-4,6-7,11-12H,1-2,5,8-10,13H2,(H,26,30). The average molecular weight is 463 g/mol. The van der Waals surface area contributed by atoms with Gasteiger partial charge in [-0.1, -0.05) is 17.7 Å². The fourth-order valence-electron chi connectivity index (χ4n) is 3.55. The molecule has 5 nitrogen and oxygen atoms in total. The van der Waals surface area contributed by atoms with Gasteiger partial charge in [-0.2, -0.15) is 0 Å². The second kappa shape index (κ2) is 9.70. The highest BCUT2D eigenvalue weighted by atomic mass is 35.5. The first-order valence-corrected chi connectivity index (χ1v) is 11.3. The number of halogens is 3. The van der Waals surface area contributed by atoms with Crippen molar-refractivity contribution in [2.45, 2.75) is 32.2 Å². The maximum absolute atomic E-state index is 14.3. The molecule has 0 aliphatic carbocycles. The van der Waals surface area contributed by atoms with E-state index in [0.29, 0.717) is 25.3 Å². The van der Waals surface area contributed by atoms with Gasteiger partial charge in [-0.15, -0.1) is 11.3 Å². The number of nitrogens with one attached hydrogen (secondary N) is 1. The topological polar surface area (TPSA) is 58.1 Å². The Hall–Kier alpha value is -2.58. The predicted molar refractivity (Wildman–Crippen MR) is 118 cm³/mol. The van der Waals surface area contributed by atoms with Crippen LogP contribution >= 0.6 is 22.9 Å². The van der Waals surface area contributed by atoms with Crippen molar-refractivity contribution in [2.75, 3.05) is 18.0 Å². The van der Waals surface area contributed by atoms with Crippen molar-refractivity contribution in [1.82, 2.24) is 15.3 Å². The number of hydrogen-bond acceptors (Lipinski definition) is 5. The van der Waals surface area contributed by atoms with Gasteiger partial charge in [0.05, 0.1) is 16.9 Å². The van der Waals surface area contributed by atoms with Crippen LogP contribution in [0.15, 0.2) is 35.8 Å². The van der Waals surface area contributed by atoms with Crippen LogP contribution in [-0.4, -0.2) is 29.0 Å². The van der Waals surface area contributed by atoms with E-state index in [1.165, 1.54) is 11.1 Å². The van der Waals surface area contributed by atoms with Gasteiger partial charge >= 0.3 is 0 Å². The van der Waals surface area contributed by atoms with Crippen molar-refractivity contribution in [1.29, 1.82) is 0 Å². The van der Waals surface area contributed by atoms with Crippen LogP contribution in [0.25, 0.3) is 0 Å². The summed E-state index contributed by atoms with van der Waals surface area (Å²) in [5.74, 6) is -1.04. The highest BCUT2D eigenvalue weighted by Crippen LogP contribution is 2.29. The van der Waals surface area contributed by atoms with Crippen molar-refractivity contribution >= 4 is 34.7 Å². The van der Waals surface area contributed by atoms with Crippen LogP contribution in [0, 0.1) is 11.6 Å². The molecule has 9 heteroatoms. The Labute approximate surface area is 188 Å². The number of anilines is 1.